The predicted molar refractivity (Wildman–Crippen MR) is 124 cm³/mol. The number of esters is 1. The van der Waals surface area contributed by atoms with E-state index in [1.807, 2.05) is 6.08 Å². The molecule has 2 N–H and O–H groups in total. The second-order valence-electron chi connectivity index (χ2n) is 8.70. The molecule has 2 aromatic rings. The molecule has 0 aromatic carbocycles. The molecular formula is C23H29ClN6O3. The lowest BCUT2D eigenvalue weighted by Gasteiger charge is -2.44. The van der Waals surface area contributed by atoms with Gasteiger partial charge in [0.25, 0.3) is 5.56 Å². The summed E-state index contributed by atoms with van der Waals surface area (Å²) in [5.74, 6) is -0.0755. The van der Waals surface area contributed by atoms with Gasteiger partial charge >= 0.3 is 5.97 Å². The number of halogens is 1. The van der Waals surface area contributed by atoms with Crippen LogP contribution in [0.3, 0.4) is 0 Å². The molecule has 0 bridgehead atoms. The first-order valence-corrected chi connectivity index (χ1v) is 11.7. The van der Waals surface area contributed by atoms with E-state index in [9.17, 15) is 9.59 Å². The molecule has 4 rings (SSSR count). The average molecular weight is 473 g/mol. The second-order valence-corrected chi connectivity index (χ2v) is 9.14. The smallest absolute Gasteiger partial charge is 0.327 e. The summed E-state index contributed by atoms with van der Waals surface area (Å²) in [5.41, 5.74) is 7.12. The number of hydrogen-bond acceptors (Lipinski definition) is 7. The van der Waals surface area contributed by atoms with Crippen LogP contribution >= 0.6 is 11.6 Å². The molecule has 1 saturated carbocycles. The minimum Gasteiger partial charge on any atom is -0.465 e. The number of nitrogens with two attached hydrogens (primary N) is 1. The maximum atomic E-state index is 12.6. The molecule has 0 saturated heterocycles. The molecular weight excluding hydrogens is 444 g/mol. The average Bonchev–Trinajstić information content (AvgIpc) is 3.28. The molecule has 0 amide bonds. The zero-order valence-corrected chi connectivity index (χ0v) is 19.4. The lowest BCUT2D eigenvalue weighted by atomic mass is 9.63. The van der Waals surface area contributed by atoms with E-state index < -0.39 is 0 Å². The first kappa shape index (κ1) is 23.4. The number of ether oxygens (including phenoxy) is 1. The Morgan fingerprint density at radius 3 is 2.79 bits per heavy atom. The number of hydrogen-bond donors (Lipinski definition) is 1. The van der Waals surface area contributed by atoms with Crippen LogP contribution in [0.25, 0.3) is 11.4 Å². The third-order valence-electron chi connectivity index (χ3n) is 6.74. The molecule has 2 heterocycles. The topological polar surface area (TPSA) is 118 Å². The van der Waals surface area contributed by atoms with Gasteiger partial charge in [0.2, 0.25) is 0 Å². The Kier molecular flexibility index (Phi) is 7.09. The van der Waals surface area contributed by atoms with Gasteiger partial charge in [0.1, 0.15) is 17.9 Å². The highest BCUT2D eigenvalue weighted by molar-refractivity contribution is 6.31. The van der Waals surface area contributed by atoms with Gasteiger partial charge in [0, 0.05) is 11.1 Å². The number of carbonyl (C=O) groups excluding carboxylic acids is 1. The summed E-state index contributed by atoms with van der Waals surface area (Å²) in [4.78, 5) is 24.3. The van der Waals surface area contributed by atoms with E-state index in [1.54, 1.807) is 23.9 Å². The van der Waals surface area contributed by atoms with E-state index in [4.69, 9.17) is 22.1 Å². The molecule has 1 fully saturated rings. The van der Waals surface area contributed by atoms with Crippen LogP contribution in [0.1, 0.15) is 45.1 Å². The van der Waals surface area contributed by atoms with Crippen LogP contribution in [-0.2, 0) is 16.1 Å². The quantitative estimate of drug-likeness (QED) is 0.615. The van der Waals surface area contributed by atoms with Gasteiger partial charge in [0.15, 0.2) is 0 Å². The van der Waals surface area contributed by atoms with Gasteiger partial charge < -0.3 is 10.5 Å². The summed E-state index contributed by atoms with van der Waals surface area (Å²) >= 11 is 6.26. The molecule has 176 valence electrons. The van der Waals surface area contributed by atoms with Crippen molar-refractivity contribution in [2.45, 2.75) is 51.6 Å². The minimum atomic E-state index is -0.387. The largest absolute Gasteiger partial charge is 0.465 e. The van der Waals surface area contributed by atoms with E-state index in [2.05, 4.69) is 27.6 Å². The fraction of sp³-hybridized carbons (Fsp3) is 0.522. The fourth-order valence-electron chi connectivity index (χ4n) is 4.87. The first-order valence-electron chi connectivity index (χ1n) is 11.3. The van der Waals surface area contributed by atoms with Crippen molar-refractivity contribution in [2.75, 3.05) is 13.2 Å². The van der Waals surface area contributed by atoms with Gasteiger partial charge in [-0.15, -0.1) is 5.10 Å². The van der Waals surface area contributed by atoms with Gasteiger partial charge in [-0.1, -0.05) is 29.0 Å². The Hall–Kier alpha value is -2.78. The van der Waals surface area contributed by atoms with Crippen molar-refractivity contribution in [1.29, 1.82) is 0 Å². The molecule has 2 aliphatic carbocycles. The number of nitrogens with zero attached hydrogens (tertiary/aromatic N) is 5. The molecule has 1 atom stereocenters. The summed E-state index contributed by atoms with van der Waals surface area (Å²) in [6.07, 6.45) is 12.2. The Bertz CT molecular complexity index is 1110. The van der Waals surface area contributed by atoms with Crippen molar-refractivity contribution < 1.29 is 9.53 Å². The van der Waals surface area contributed by atoms with Gasteiger partial charge in [-0.05, 0) is 69.0 Å². The molecule has 9 nitrogen and oxygen atoms in total. The van der Waals surface area contributed by atoms with Crippen LogP contribution in [0.2, 0.25) is 0 Å². The van der Waals surface area contributed by atoms with Crippen molar-refractivity contribution in [3.63, 3.8) is 0 Å². The van der Waals surface area contributed by atoms with E-state index in [0.29, 0.717) is 30.5 Å². The van der Waals surface area contributed by atoms with Crippen molar-refractivity contribution >= 4 is 17.6 Å². The number of rotatable bonds is 7. The summed E-state index contributed by atoms with van der Waals surface area (Å²) in [7, 11) is 0. The normalized spacial score (nSPS) is 25.0. The summed E-state index contributed by atoms with van der Waals surface area (Å²) in [6.45, 7) is 2.61. The van der Waals surface area contributed by atoms with Crippen LogP contribution in [0.5, 0.6) is 0 Å². The van der Waals surface area contributed by atoms with E-state index in [1.165, 1.54) is 10.7 Å². The minimum absolute atomic E-state index is 0.00899. The maximum absolute atomic E-state index is 12.6. The molecule has 0 aliphatic heterocycles. The molecule has 33 heavy (non-hydrogen) atoms. The highest BCUT2D eigenvalue weighted by Gasteiger charge is 2.40. The zero-order chi connectivity index (χ0) is 23.4. The summed E-state index contributed by atoms with van der Waals surface area (Å²) < 4.78 is 7.90. The van der Waals surface area contributed by atoms with Crippen LogP contribution < -0.4 is 11.3 Å². The first-order chi connectivity index (χ1) is 15.9. The summed E-state index contributed by atoms with van der Waals surface area (Å²) in [5, 5.41) is 13.4. The van der Waals surface area contributed by atoms with Gasteiger partial charge in [0.05, 0.1) is 18.8 Å². The maximum Gasteiger partial charge on any atom is 0.327 e. The fourth-order valence-corrected chi connectivity index (χ4v) is 5.11. The van der Waals surface area contributed by atoms with Crippen molar-refractivity contribution in [3.05, 3.63) is 51.9 Å². The highest BCUT2D eigenvalue weighted by Crippen LogP contribution is 2.48. The SMILES string of the molecule is CCOC(=O)Cn1cc(-c2ccc(=O)n([C@H]3CC[C@](CN)(C4C=C(Cl)C=CC4)CC3)n2)nn1. The number of aromatic nitrogens is 5. The molecule has 1 unspecified atom stereocenters. The number of allylic oxidation sites excluding steroid dienone is 4. The predicted octanol–water partition coefficient (Wildman–Crippen LogP) is 2.82. The third-order valence-corrected chi connectivity index (χ3v) is 6.99. The highest BCUT2D eigenvalue weighted by atomic mass is 35.5. The van der Waals surface area contributed by atoms with E-state index in [-0.39, 0.29) is 29.5 Å². The summed E-state index contributed by atoms with van der Waals surface area (Å²) in [6, 6.07) is 3.13. The van der Waals surface area contributed by atoms with Gasteiger partial charge in [-0.2, -0.15) is 5.10 Å². The van der Waals surface area contributed by atoms with Crippen molar-refractivity contribution in [2.24, 2.45) is 17.1 Å². The Balaban J connectivity index is 1.49. The molecule has 0 spiro atoms. The monoisotopic (exact) mass is 472 g/mol. The molecule has 2 aromatic heterocycles. The third kappa shape index (κ3) is 5.09. The van der Waals surface area contributed by atoms with Crippen LogP contribution in [-0.4, -0.2) is 43.9 Å². The number of carbonyl (C=O) groups is 1. The van der Waals surface area contributed by atoms with E-state index >= 15 is 0 Å². The van der Waals surface area contributed by atoms with Gasteiger partial charge in [-0.3, -0.25) is 9.59 Å². The molecule has 2 aliphatic rings. The Labute approximate surface area is 197 Å². The molecule has 10 heteroatoms. The van der Waals surface area contributed by atoms with Crippen molar-refractivity contribution in [3.8, 4) is 11.4 Å². The Morgan fingerprint density at radius 1 is 1.30 bits per heavy atom. The second kappa shape index (κ2) is 10.0. The van der Waals surface area contributed by atoms with Crippen molar-refractivity contribution in [1.82, 2.24) is 24.8 Å². The van der Waals surface area contributed by atoms with Crippen LogP contribution in [0.15, 0.2) is 46.4 Å². The van der Waals surface area contributed by atoms with Gasteiger partial charge in [-0.25, -0.2) is 9.36 Å². The van der Waals surface area contributed by atoms with E-state index in [0.717, 1.165) is 37.1 Å². The van der Waals surface area contributed by atoms with Crippen LogP contribution in [0.4, 0.5) is 0 Å². The molecule has 0 radical (unpaired) electrons. The zero-order valence-electron chi connectivity index (χ0n) is 18.7. The Morgan fingerprint density at radius 2 is 2.09 bits per heavy atom. The van der Waals surface area contributed by atoms with Crippen LogP contribution in [0, 0.1) is 11.3 Å². The lowest BCUT2D eigenvalue weighted by molar-refractivity contribution is -0.144. The lowest BCUT2D eigenvalue weighted by Crippen LogP contribution is -2.42. The standard InChI is InChI=1S/C23H29ClN6O3/c1-2-33-22(32)14-29-13-20(26-28-29)19-6-7-21(31)30(27-19)18-8-10-23(15-25,11-9-18)16-4-3-5-17(24)12-16/h3,5-7,12-13,16,18H,2,4,8-11,14-15,25H2,1H3/t16?,18-,23-.